The van der Waals surface area contributed by atoms with E-state index in [0.29, 0.717) is 26.0 Å². The monoisotopic (exact) mass is 362 g/mol. The van der Waals surface area contributed by atoms with Crippen molar-refractivity contribution in [2.75, 3.05) is 21.0 Å². The highest BCUT2D eigenvalue weighted by Crippen LogP contribution is 2.34. The first-order chi connectivity index (χ1) is 8.69. The first-order valence-corrected chi connectivity index (χ1v) is 6.16. The molecule has 0 bridgehead atoms. The summed E-state index contributed by atoms with van der Waals surface area (Å²) in [4.78, 5) is 11.9. The van der Waals surface area contributed by atoms with Crippen molar-refractivity contribution >= 4 is 33.6 Å². The number of rotatable bonds is 4. The predicted molar refractivity (Wildman–Crippen MR) is 74.3 cm³/mol. The number of benzene rings is 1. The van der Waals surface area contributed by atoms with Crippen LogP contribution in [0.5, 0.6) is 11.5 Å². The van der Waals surface area contributed by atoms with Gasteiger partial charge in [0.1, 0.15) is 6.26 Å². The average Bonchev–Trinajstić information content (AvgIpc) is 2.39. The van der Waals surface area contributed by atoms with Gasteiger partial charge in [0.15, 0.2) is 18.1 Å². The Hall–Kier alpha value is -1.28. The van der Waals surface area contributed by atoms with E-state index in [-0.39, 0.29) is 12.2 Å². The van der Waals surface area contributed by atoms with Gasteiger partial charge in [0.25, 0.3) is 0 Å². The van der Waals surface area contributed by atoms with Crippen LogP contribution in [0.3, 0.4) is 0 Å². The molecule has 0 atom stereocenters. The summed E-state index contributed by atoms with van der Waals surface area (Å²) in [7, 11) is 3.02. The minimum Gasteiger partial charge on any atom is -0.490 e. The zero-order valence-electron chi connectivity index (χ0n) is 9.86. The van der Waals surface area contributed by atoms with Crippen molar-refractivity contribution in [3.8, 4) is 11.5 Å². The van der Waals surface area contributed by atoms with Gasteiger partial charge in [-0.3, -0.25) is 4.79 Å². The van der Waals surface area contributed by atoms with Gasteiger partial charge in [0.2, 0.25) is 11.2 Å². The lowest BCUT2D eigenvalue weighted by Crippen LogP contribution is -2.06. The van der Waals surface area contributed by atoms with Gasteiger partial charge < -0.3 is 18.6 Å². The molecule has 0 N–H and O–H groups in total. The van der Waals surface area contributed by atoms with Gasteiger partial charge in [0, 0.05) is 7.11 Å². The Bertz CT molecular complexity index is 620. The zero-order chi connectivity index (χ0) is 13.1. The van der Waals surface area contributed by atoms with Gasteiger partial charge in [-0.1, -0.05) is 0 Å². The van der Waals surface area contributed by atoms with Gasteiger partial charge in [-0.05, 0) is 34.7 Å². The molecular weight excluding hydrogens is 351 g/mol. The van der Waals surface area contributed by atoms with E-state index in [0.717, 1.165) is 0 Å². The second-order valence-corrected chi connectivity index (χ2v) is 4.60. The van der Waals surface area contributed by atoms with Crippen molar-refractivity contribution < 1.29 is 18.6 Å². The number of fused-ring (bicyclic) bond motifs is 1. The van der Waals surface area contributed by atoms with Gasteiger partial charge in [0.05, 0.1) is 16.1 Å². The molecule has 0 radical (unpaired) electrons. The first kappa shape index (κ1) is 13.2. The van der Waals surface area contributed by atoms with Crippen LogP contribution in [0.1, 0.15) is 0 Å². The molecule has 0 unspecified atom stereocenters. The number of hydrogen-bond donors (Lipinski definition) is 0. The molecule has 1 heterocycles. The smallest absolute Gasteiger partial charge is 0.206 e. The maximum atomic E-state index is 11.9. The fourth-order valence-corrected chi connectivity index (χ4v) is 1.98. The van der Waals surface area contributed by atoms with E-state index in [9.17, 15) is 4.79 Å². The maximum absolute atomic E-state index is 11.9. The van der Waals surface area contributed by atoms with Crippen LogP contribution in [-0.4, -0.2) is 21.0 Å². The molecule has 2 aromatic rings. The van der Waals surface area contributed by atoms with E-state index >= 15 is 0 Å². The zero-order valence-corrected chi connectivity index (χ0v) is 12.0. The molecule has 0 saturated heterocycles. The lowest BCUT2D eigenvalue weighted by Gasteiger charge is -2.11. The molecule has 0 fully saturated rings. The van der Waals surface area contributed by atoms with Crippen LogP contribution >= 0.6 is 22.6 Å². The van der Waals surface area contributed by atoms with Crippen molar-refractivity contribution in [3.05, 3.63) is 32.2 Å². The largest absolute Gasteiger partial charge is 0.490 e. The summed E-state index contributed by atoms with van der Waals surface area (Å²) in [6.45, 7) is 0.0937. The van der Waals surface area contributed by atoms with Crippen molar-refractivity contribution in [3.63, 3.8) is 0 Å². The number of halogens is 1. The highest BCUT2D eigenvalue weighted by atomic mass is 127. The second kappa shape index (κ2) is 5.57. The summed E-state index contributed by atoms with van der Waals surface area (Å²) in [5, 5.41) is 0.462. The molecule has 18 heavy (non-hydrogen) atoms. The SMILES string of the molecule is COCOc1ccc2c(=O)c(I)coc2c1OC. The normalized spacial score (nSPS) is 10.6. The van der Waals surface area contributed by atoms with Crippen LogP contribution in [0.4, 0.5) is 0 Å². The van der Waals surface area contributed by atoms with Crippen LogP contribution in [0.25, 0.3) is 11.0 Å². The number of methoxy groups -OCH3 is 2. The third-order valence-corrected chi connectivity index (χ3v) is 3.10. The summed E-state index contributed by atoms with van der Waals surface area (Å²) in [5.41, 5.74) is 0.282. The summed E-state index contributed by atoms with van der Waals surface area (Å²) < 4.78 is 21.3. The van der Waals surface area contributed by atoms with Crippen molar-refractivity contribution in [2.24, 2.45) is 0 Å². The highest BCUT2D eigenvalue weighted by Gasteiger charge is 2.15. The molecule has 0 aliphatic rings. The number of ether oxygens (including phenoxy) is 3. The molecule has 1 aromatic heterocycles. The molecular formula is C12H11IO5. The standard InChI is InChI=1S/C12H11IO5/c1-15-6-18-9-4-3-7-10(14)8(13)5-17-11(7)12(9)16-2/h3-5H,6H2,1-2H3. The summed E-state index contributed by atoms with van der Waals surface area (Å²) in [6.07, 6.45) is 1.40. The number of hydrogen-bond acceptors (Lipinski definition) is 5. The fraction of sp³-hybridized carbons (Fsp3) is 0.250. The molecule has 5 nitrogen and oxygen atoms in total. The molecule has 0 aliphatic heterocycles. The van der Waals surface area contributed by atoms with Gasteiger partial charge >= 0.3 is 0 Å². The van der Waals surface area contributed by atoms with E-state index in [4.69, 9.17) is 18.6 Å². The van der Waals surface area contributed by atoms with E-state index in [1.165, 1.54) is 20.5 Å². The molecule has 0 spiro atoms. The fourth-order valence-electron chi connectivity index (χ4n) is 1.56. The molecule has 2 rings (SSSR count). The van der Waals surface area contributed by atoms with Gasteiger partial charge in [-0.25, -0.2) is 0 Å². The third-order valence-electron chi connectivity index (χ3n) is 2.35. The summed E-state index contributed by atoms with van der Waals surface area (Å²) in [5.74, 6) is 0.856. The van der Waals surface area contributed by atoms with E-state index in [2.05, 4.69) is 0 Å². The molecule has 0 amide bonds. The Morgan fingerprint density at radius 2 is 2.11 bits per heavy atom. The topological polar surface area (TPSA) is 57.9 Å². The Morgan fingerprint density at radius 3 is 2.78 bits per heavy atom. The van der Waals surface area contributed by atoms with Crippen LogP contribution in [0.15, 0.2) is 27.6 Å². The lowest BCUT2D eigenvalue weighted by atomic mass is 10.2. The summed E-state index contributed by atoms with van der Waals surface area (Å²) >= 11 is 1.93. The second-order valence-electron chi connectivity index (χ2n) is 3.44. The quantitative estimate of drug-likeness (QED) is 0.618. The lowest BCUT2D eigenvalue weighted by molar-refractivity contribution is 0.0492. The molecule has 1 aromatic carbocycles. The van der Waals surface area contributed by atoms with Crippen molar-refractivity contribution in [2.45, 2.75) is 0 Å². The minimum atomic E-state index is -0.0894. The van der Waals surface area contributed by atoms with Crippen LogP contribution < -0.4 is 14.9 Å². The first-order valence-electron chi connectivity index (χ1n) is 5.08. The van der Waals surface area contributed by atoms with Crippen LogP contribution in [0, 0.1) is 3.57 Å². The predicted octanol–water partition coefficient (Wildman–Crippen LogP) is 2.39. The highest BCUT2D eigenvalue weighted by molar-refractivity contribution is 14.1. The molecule has 0 aliphatic carbocycles. The van der Waals surface area contributed by atoms with Crippen molar-refractivity contribution in [1.29, 1.82) is 0 Å². The van der Waals surface area contributed by atoms with Gasteiger partial charge in [-0.15, -0.1) is 0 Å². The van der Waals surface area contributed by atoms with E-state index < -0.39 is 0 Å². The minimum absolute atomic E-state index is 0.0894. The molecule has 0 saturated carbocycles. The van der Waals surface area contributed by atoms with Crippen LogP contribution in [0.2, 0.25) is 0 Å². The van der Waals surface area contributed by atoms with E-state index in [1.807, 2.05) is 22.6 Å². The Balaban J connectivity index is 2.65. The Kier molecular flexibility index (Phi) is 4.07. The van der Waals surface area contributed by atoms with Gasteiger partial charge in [-0.2, -0.15) is 0 Å². The third kappa shape index (κ3) is 2.30. The van der Waals surface area contributed by atoms with Crippen LogP contribution in [-0.2, 0) is 4.74 Å². The van der Waals surface area contributed by atoms with Crippen molar-refractivity contribution in [1.82, 2.24) is 0 Å². The Labute approximate surface area is 117 Å². The molecule has 6 heteroatoms. The Morgan fingerprint density at radius 1 is 1.33 bits per heavy atom. The molecule has 96 valence electrons. The summed E-state index contributed by atoms with van der Waals surface area (Å²) in [6, 6.07) is 3.31. The van der Waals surface area contributed by atoms with E-state index in [1.54, 1.807) is 12.1 Å². The maximum Gasteiger partial charge on any atom is 0.206 e. The average molecular weight is 362 g/mol.